The van der Waals surface area contributed by atoms with Gasteiger partial charge in [-0.2, -0.15) is 18.4 Å². The van der Waals surface area contributed by atoms with Crippen LogP contribution in [0.3, 0.4) is 0 Å². The van der Waals surface area contributed by atoms with E-state index >= 15 is 0 Å². The van der Waals surface area contributed by atoms with Gasteiger partial charge in [-0.05, 0) is 74.3 Å². The second kappa shape index (κ2) is 12.7. The molecule has 0 aliphatic carbocycles. The molecule has 46 heavy (non-hydrogen) atoms. The normalized spacial score (nSPS) is 20.2. The number of nitrogens with one attached hydrogen (secondary N) is 2. The van der Waals surface area contributed by atoms with Crippen LogP contribution in [-0.4, -0.2) is 65.5 Å². The minimum Gasteiger partial charge on any atom is -0.367 e. The minimum absolute atomic E-state index is 0.139. The first-order chi connectivity index (χ1) is 21.8. The molecule has 5 heterocycles. The average molecular weight is 674 g/mol. The van der Waals surface area contributed by atoms with Crippen molar-refractivity contribution in [2.75, 3.05) is 30.7 Å². The lowest BCUT2D eigenvalue weighted by Gasteiger charge is -2.33. The summed E-state index contributed by atoms with van der Waals surface area (Å²) < 4.78 is 67.4. The molecule has 2 saturated heterocycles. The second-order valence-electron chi connectivity index (χ2n) is 12.8. The number of likely N-dealkylation sites (tertiary alicyclic amines) is 1. The van der Waals surface area contributed by atoms with E-state index in [9.17, 15) is 26.9 Å². The van der Waals surface area contributed by atoms with E-state index in [1.165, 1.54) is 5.56 Å². The molecule has 246 valence electrons. The summed E-state index contributed by atoms with van der Waals surface area (Å²) in [6.45, 7) is 9.56. The van der Waals surface area contributed by atoms with Crippen molar-refractivity contribution >= 4 is 48.3 Å². The van der Waals surface area contributed by atoms with Gasteiger partial charge < -0.3 is 9.88 Å². The maximum Gasteiger partial charge on any atom is 0.393 e. The number of nitriles is 1. The molecular weight excluding hydrogens is 636 g/mol. The Morgan fingerprint density at radius 1 is 1.15 bits per heavy atom. The van der Waals surface area contributed by atoms with Crippen molar-refractivity contribution in [1.29, 1.82) is 5.26 Å². The van der Waals surface area contributed by atoms with Crippen LogP contribution in [0, 0.1) is 37.0 Å². The van der Waals surface area contributed by atoms with Crippen molar-refractivity contribution in [3.05, 3.63) is 51.8 Å². The Bertz CT molecular complexity index is 1890. The molecule has 0 spiro atoms. The lowest BCUT2D eigenvalue weighted by atomic mass is 9.91. The van der Waals surface area contributed by atoms with E-state index in [0.29, 0.717) is 47.1 Å². The molecule has 2 fully saturated rings. The summed E-state index contributed by atoms with van der Waals surface area (Å²) in [5, 5.41) is 15.2. The molecule has 2 aliphatic heterocycles. The molecule has 0 amide bonds. The molecule has 2 aliphatic rings. The summed E-state index contributed by atoms with van der Waals surface area (Å²) in [5.74, 6) is 1.68. The maximum absolute atomic E-state index is 13.0. The number of thiophene rings is 1. The Balaban J connectivity index is 1.11. The van der Waals surface area contributed by atoms with Crippen LogP contribution in [0.4, 0.5) is 19.0 Å². The number of hydrogen-bond donors (Lipinski definition) is 2. The number of fused-ring (bicyclic) bond motifs is 2. The van der Waals surface area contributed by atoms with Crippen LogP contribution in [0.15, 0.2) is 24.3 Å². The van der Waals surface area contributed by atoms with Gasteiger partial charge in [0.05, 0.1) is 17.6 Å². The van der Waals surface area contributed by atoms with E-state index in [4.69, 9.17) is 0 Å². The quantitative estimate of drug-likeness (QED) is 0.240. The number of aromatic nitrogens is 3. The highest BCUT2D eigenvalue weighted by molar-refractivity contribution is 7.89. The van der Waals surface area contributed by atoms with Crippen molar-refractivity contribution in [3.63, 3.8) is 0 Å². The van der Waals surface area contributed by atoms with Crippen LogP contribution in [0.1, 0.15) is 53.7 Å². The lowest BCUT2D eigenvalue weighted by Crippen LogP contribution is -2.40. The monoisotopic (exact) mass is 673 g/mol. The summed E-state index contributed by atoms with van der Waals surface area (Å²) in [6, 6.07) is 10.3. The highest BCUT2D eigenvalue weighted by atomic mass is 32.2. The van der Waals surface area contributed by atoms with Gasteiger partial charge in [0, 0.05) is 54.5 Å². The maximum atomic E-state index is 13.0. The van der Waals surface area contributed by atoms with Crippen LogP contribution in [0.5, 0.6) is 0 Å². The highest BCUT2D eigenvalue weighted by Crippen LogP contribution is 2.34. The number of sulfonamides is 1. The summed E-state index contributed by atoms with van der Waals surface area (Å²) in [5.41, 5.74) is 3.98. The molecule has 1 unspecified atom stereocenters. The Kier molecular flexibility index (Phi) is 9.06. The second-order valence-corrected chi connectivity index (χ2v) is 15.8. The third kappa shape index (κ3) is 7.17. The van der Waals surface area contributed by atoms with Gasteiger partial charge in [0.15, 0.2) is 0 Å². The van der Waals surface area contributed by atoms with Crippen molar-refractivity contribution < 1.29 is 21.6 Å². The standard InChI is InChI=1S/C32H38F3N7O2S2/c1-19(22-8-11-46(43,44)37-16-22)17-42-25(15-36)12-27-20(2)23(4-5-29(27)42)18-41-9-6-24(7-10-41)40-30-28-13-26(14-32(33,34)35)45-31(28)39-21(3)38-30/h4-5,12-13,19,22,24,37H,6-11,14,16-18H2,1-3H3,(H,38,39,40)/t19-,22?/m0/s1. The first-order valence-corrected chi connectivity index (χ1v) is 18.1. The molecule has 0 bridgehead atoms. The fourth-order valence-corrected chi connectivity index (χ4v) is 9.09. The van der Waals surface area contributed by atoms with Crippen LogP contribution in [-0.2, 0) is 29.5 Å². The van der Waals surface area contributed by atoms with Gasteiger partial charge in [-0.25, -0.2) is 23.1 Å². The van der Waals surface area contributed by atoms with E-state index in [1.807, 2.05) is 6.07 Å². The molecule has 4 aromatic rings. The Hall–Kier alpha value is -3.25. The number of rotatable bonds is 8. The van der Waals surface area contributed by atoms with Gasteiger partial charge in [0.2, 0.25) is 10.0 Å². The summed E-state index contributed by atoms with van der Waals surface area (Å²) >= 11 is 1.07. The van der Waals surface area contributed by atoms with Gasteiger partial charge in [-0.1, -0.05) is 13.0 Å². The smallest absolute Gasteiger partial charge is 0.367 e. The number of nitrogens with zero attached hydrogens (tertiary/aromatic N) is 5. The molecule has 1 aromatic carbocycles. The predicted octanol–water partition coefficient (Wildman–Crippen LogP) is 5.89. The molecule has 14 heteroatoms. The number of halogens is 3. The van der Waals surface area contributed by atoms with Gasteiger partial charge in [-0.15, -0.1) is 11.3 Å². The van der Waals surface area contributed by atoms with Gasteiger partial charge in [0.25, 0.3) is 0 Å². The van der Waals surface area contributed by atoms with Crippen LogP contribution in [0.25, 0.3) is 21.1 Å². The van der Waals surface area contributed by atoms with Gasteiger partial charge in [-0.3, -0.25) is 4.90 Å². The molecule has 0 radical (unpaired) electrons. The van der Waals surface area contributed by atoms with E-state index in [-0.39, 0.29) is 28.5 Å². The van der Waals surface area contributed by atoms with Crippen molar-refractivity contribution in [3.8, 4) is 6.07 Å². The lowest BCUT2D eigenvalue weighted by molar-refractivity contribution is -0.126. The van der Waals surface area contributed by atoms with Crippen molar-refractivity contribution in [2.24, 2.45) is 11.8 Å². The number of hydrogen-bond acceptors (Lipinski definition) is 8. The summed E-state index contributed by atoms with van der Waals surface area (Å²) in [6.07, 6.45) is -2.88. The van der Waals surface area contributed by atoms with Crippen LogP contribution >= 0.6 is 11.3 Å². The minimum atomic E-state index is -4.27. The molecule has 9 nitrogen and oxygen atoms in total. The van der Waals surface area contributed by atoms with Crippen LogP contribution in [0.2, 0.25) is 0 Å². The SMILES string of the molecule is Cc1nc(NC2CCN(Cc3ccc4c(cc(C#N)n4C[C@H](C)C4CCS(=O)(=O)NC4)c3C)CC2)c2cc(CC(F)(F)F)sc2n1. The van der Waals surface area contributed by atoms with E-state index in [1.54, 1.807) is 13.0 Å². The van der Waals surface area contributed by atoms with Gasteiger partial charge in [0.1, 0.15) is 28.2 Å². The molecule has 2 atom stereocenters. The molecule has 0 saturated carbocycles. The Morgan fingerprint density at radius 2 is 1.91 bits per heavy atom. The van der Waals surface area contributed by atoms with Crippen molar-refractivity contribution in [1.82, 2.24) is 24.2 Å². The molecule has 3 aromatic heterocycles. The zero-order valence-corrected chi connectivity index (χ0v) is 27.7. The summed E-state index contributed by atoms with van der Waals surface area (Å²) in [7, 11) is -3.17. The summed E-state index contributed by atoms with van der Waals surface area (Å²) in [4.78, 5) is 12.1. The molecule has 6 rings (SSSR count). The fourth-order valence-electron chi connectivity index (χ4n) is 6.76. The zero-order chi connectivity index (χ0) is 32.8. The van der Waals surface area contributed by atoms with E-state index in [2.05, 4.69) is 61.5 Å². The molecule has 2 N–H and O–H groups in total. The number of alkyl halides is 3. The topological polar surface area (TPSA) is 116 Å². The third-order valence-corrected chi connectivity index (χ3v) is 11.8. The first kappa shape index (κ1) is 32.7. The number of benzene rings is 1. The number of aryl methyl sites for hydroxylation is 2. The first-order valence-electron chi connectivity index (χ1n) is 15.6. The molecular formula is C32H38F3N7O2S2. The number of piperidine rings is 1. The van der Waals surface area contributed by atoms with Crippen molar-refractivity contribution in [2.45, 2.75) is 71.8 Å². The van der Waals surface area contributed by atoms with Crippen LogP contribution < -0.4 is 10.0 Å². The third-order valence-electron chi connectivity index (χ3n) is 9.43. The Morgan fingerprint density at radius 3 is 2.59 bits per heavy atom. The largest absolute Gasteiger partial charge is 0.393 e. The fraction of sp³-hybridized carbons (Fsp3) is 0.531. The van der Waals surface area contributed by atoms with Gasteiger partial charge >= 0.3 is 6.18 Å². The predicted molar refractivity (Wildman–Crippen MR) is 174 cm³/mol. The number of anilines is 1. The van der Waals surface area contributed by atoms with E-state index < -0.39 is 22.6 Å². The Labute approximate surface area is 270 Å². The van der Waals surface area contributed by atoms with E-state index in [0.717, 1.165) is 60.3 Å². The highest BCUT2D eigenvalue weighted by Gasteiger charge is 2.30. The average Bonchev–Trinajstić information content (AvgIpc) is 3.55. The zero-order valence-electron chi connectivity index (χ0n) is 26.1.